The summed E-state index contributed by atoms with van der Waals surface area (Å²) in [4.78, 5) is 13.3. The van der Waals surface area contributed by atoms with Crippen molar-refractivity contribution in [1.82, 2.24) is 14.8 Å². The van der Waals surface area contributed by atoms with Gasteiger partial charge in [0.15, 0.2) is 0 Å². The number of nitrogens with one attached hydrogen (secondary N) is 2. The first-order valence-corrected chi connectivity index (χ1v) is 12.3. The number of guanidine groups is 1. The average Bonchev–Trinajstić information content (AvgIpc) is 2.76. The topological polar surface area (TPSA) is 120 Å². The zero-order chi connectivity index (χ0) is 23.2. The molecule has 1 aromatic heterocycles. The number of sulfonamides is 1. The number of hydrogen-bond acceptors (Lipinski definition) is 6. The Morgan fingerprint density at radius 1 is 1.19 bits per heavy atom. The fourth-order valence-electron chi connectivity index (χ4n) is 2.94. The number of aliphatic imine (C=N–C) groups is 1. The van der Waals surface area contributed by atoms with Crippen LogP contribution >= 0.6 is 0 Å². The Morgan fingerprint density at radius 2 is 1.91 bits per heavy atom. The fourth-order valence-corrected chi connectivity index (χ4v) is 3.64. The zero-order valence-corrected chi connectivity index (χ0v) is 19.3. The first-order valence-electron chi connectivity index (χ1n) is 10.4. The van der Waals surface area contributed by atoms with Gasteiger partial charge in [-0.15, -0.1) is 4.99 Å². The quantitative estimate of drug-likeness (QED) is 0.165. The van der Waals surface area contributed by atoms with E-state index >= 15 is 0 Å². The van der Waals surface area contributed by atoms with Crippen molar-refractivity contribution in [3.63, 3.8) is 0 Å². The summed E-state index contributed by atoms with van der Waals surface area (Å²) in [7, 11) is -3.45. The molecule has 1 aromatic carbocycles. The molecule has 0 saturated heterocycles. The van der Waals surface area contributed by atoms with E-state index in [0.717, 1.165) is 41.2 Å². The van der Waals surface area contributed by atoms with Crippen molar-refractivity contribution in [3.05, 3.63) is 60.4 Å². The van der Waals surface area contributed by atoms with Crippen molar-refractivity contribution in [2.75, 3.05) is 18.1 Å². The van der Waals surface area contributed by atoms with Gasteiger partial charge in [-0.1, -0.05) is 47.6 Å². The maximum Gasteiger partial charge on any atom is 0.233 e. The Balaban J connectivity index is 1.72. The Kier molecular flexibility index (Phi) is 10.6. The van der Waals surface area contributed by atoms with Crippen LogP contribution in [0.1, 0.15) is 38.2 Å². The van der Waals surface area contributed by atoms with Crippen LogP contribution in [0.5, 0.6) is 0 Å². The Hall–Kier alpha value is -3.00. The molecule has 0 aliphatic heterocycles. The number of hydroxylamine groups is 1. The molecule has 0 spiro atoms. The van der Waals surface area contributed by atoms with E-state index in [-0.39, 0.29) is 12.6 Å². The highest BCUT2D eigenvalue weighted by atomic mass is 32.2. The summed E-state index contributed by atoms with van der Waals surface area (Å²) < 4.78 is 25.1. The van der Waals surface area contributed by atoms with Crippen molar-refractivity contribution < 1.29 is 13.3 Å². The number of nitrogens with zero attached hydrogens (tertiary/aromatic N) is 4. The minimum absolute atomic E-state index is 0.0804. The summed E-state index contributed by atoms with van der Waals surface area (Å²) in [5.74, 6) is 0.378. The Bertz CT molecular complexity index is 978. The highest BCUT2D eigenvalue weighted by Gasteiger charge is 2.17. The van der Waals surface area contributed by atoms with Crippen LogP contribution in [0, 0.1) is 11.5 Å². The molecule has 2 aromatic rings. The first-order chi connectivity index (χ1) is 15.4. The molecule has 0 fully saturated rings. The van der Waals surface area contributed by atoms with E-state index in [9.17, 15) is 8.42 Å². The van der Waals surface area contributed by atoms with Crippen LogP contribution in [-0.4, -0.2) is 42.7 Å². The van der Waals surface area contributed by atoms with Gasteiger partial charge in [0.25, 0.3) is 0 Å². The number of rotatable bonds is 12. The third kappa shape index (κ3) is 9.87. The molecule has 1 atom stereocenters. The van der Waals surface area contributed by atoms with E-state index in [2.05, 4.69) is 20.6 Å². The maximum atomic E-state index is 12.0. The van der Waals surface area contributed by atoms with E-state index in [1.54, 1.807) is 30.7 Å². The number of benzene rings is 1. The molecule has 1 heterocycles. The number of unbranched alkanes of at least 4 members (excludes halogenated alkanes) is 2. The lowest BCUT2D eigenvalue weighted by atomic mass is 10.1. The van der Waals surface area contributed by atoms with Gasteiger partial charge in [-0.2, -0.15) is 5.26 Å². The molecular formula is C22H30N6O3S. The Morgan fingerprint density at radius 3 is 2.56 bits per heavy atom. The molecule has 2 rings (SSSR count). The van der Waals surface area contributed by atoms with E-state index in [1.807, 2.05) is 37.3 Å². The van der Waals surface area contributed by atoms with Crippen molar-refractivity contribution in [1.29, 1.82) is 5.26 Å². The van der Waals surface area contributed by atoms with Gasteiger partial charge in [-0.25, -0.2) is 8.42 Å². The molecular weight excluding hydrogens is 428 g/mol. The summed E-state index contributed by atoms with van der Waals surface area (Å²) in [6.45, 7) is 2.52. The molecule has 172 valence electrons. The number of anilines is 1. The van der Waals surface area contributed by atoms with Gasteiger partial charge in [-0.3, -0.25) is 9.82 Å². The van der Waals surface area contributed by atoms with Crippen LogP contribution in [0.4, 0.5) is 5.69 Å². The summed E-state index contributed by atoms with van der Waals surface area (Å²) in [5, 5.41) is 15.2. The number of nitriles is 1. The fraction of sp³-hybridized carbons (Fsp3) is 0.409. The van der Waals surface area contributed by atoms with E-state index < -0.39 is 10.0 Å². The molecule has 0 amide bonds. The van der Waals surface area contributed by atoms with E-state index in [4.69, 9.17) is 10.1 Å². The van der Waals surface area contributed by atoms with Crippen LogP contribution in [0.25, 0.3) is 0 Å². The second-order valence-corrected chi connectivity index (χ2v) is 9.24. The molecule has 32 heavy (non-hydrogen) atoms. The van der Waals surface area contributed by atoms with Gasteiger partial charge in [0, 0.05) is 30.7 Å². The smallest absolute Gasteiger partial charge is 0.233 e. The third-order valence-corrected chi connectivity index (χ3v) is 5.58. The first kappa shape index (κ1) is 25.3. The molecule has 1 unspecified atom stereocenters. The van der Waals surface area contributed by atoms with Crippen molar-refractivity contribution >= 4 is 21.7 Å². The molecule has 10 heteroatoms. The number of hydrogen-bond donors (Lipinski definition) is 2. The highest BCUT2D eigenvalue weighted by molar-refractivity contribution is 7.88. The molecule has 2 N–H and O–H groups in total. The van der Waals surface area contributed by atoms with Gasteiger partial charge in [-0.05, 0) is 37.5 Å². The largest absolute Gasteiger partial charge is 0.353 e. The van der Waals surface area contributed by atoms with Gasteiger partial charge >= 0.3 is 0 Å². The molecule has 9 nitrogen and oxygen atoms in total. The van der Waals surface area contributed by atoms with Gasteiger partial charge in [0.2, 0.25) is 22.2 Å². The average molecular weight is 459 g/mol. The Labute approximate surface area is 190 Å². The molecule has 0 saturated carbocycles. The summed E-state index contributed by atoms with van der Waals surface area (Å²) >= 11 is 0. The minimum Gasteiger partial charge on any atom is -0.353 e. The SMILES string of the molecule is CC(CCCCCN(OCc1ccccc1)S(C)(=O)=O)N/C(=N\C#N)Nc1ccncc1. The van der Waals surface area contributed by atoms with Crippen LogP contribution in [-0.2, 0) is 21.5 Å². The van der Waals surface area contributed by atoms with E-state index in [0.29, 0.717) is 18.9 Å². The lowest BCUT2D eigenvalue weighted by molar-refractivity contribution is -0.0962. The minimum atomic E-state index is -3.45. The number of aromatic nitrogens is 1. The lowest BCUT2D eigenvalue weighted by Crippen LogP contribution is -2.37. The lowest BCUT2D eigenvalue weighted by Gasteiger charge is -2.20. The monoisotopic (exact) mass is 458 g/mol. The molecule has 0 aliphatic carbocycles. The summed E-state index contributed by atoms with van der Waals surface area (Å²) in [6.07, 6.45) is 9.50. The normalized spacial score (nSPS) is 12.9. The van der Waals surface area contributed by atoms with Crippen molar-refractivity contribution in [2.24, 2.45) is 4.99 Å². The molecule has 0 aliphatic rings. The molecule has 0 bridgehead atoms. The van der Waals surface area contributed by atoms with E-state index in [1.165, 1.54) is 0 Å². The van der Waals surface area contributed by atoms with Crippen LogP contribution < -0.4 is 10.6 Å². The van der Waals surface area contributed by atoms with Crippen LogP contribution in [0.2, 0.25) is 0 Å². The van der Waals surface area contributed by atoms with Crippen LogP contribution in [0.3, 0.4) is 0 Å². The van der Waals surface area contributed by atoms with Crippen molar-refractivity contribution in [2.45, 2.75) is 45.3 Å². The third-order valence-electron chi connectivity index (χ3n) is 4.55. The predicted molar refractivity (Wildman–Crippen MR) is 125 cm³/mol. The zero-order valence-electron chi connectivity index (χ0n) is 18.4. The number of pyridine rings is 1. The van der Waals surface area contributed by atoms with Gasteiger partial charge in [0.1, 0.15) is 0 Å². The summed E-state index contributed by atoms with van der Waals surface area (Å²) in [6, 6.07) is 13.1. The highest BCUT2D eigenvalue weighted by Crippen LogP contribution is 2.11. The van der Waals surface area contributed by atoms with Crippen LogP contribution in [0.15, 0.2) is 59.9 Å². The van der Waals surface area contributed by atoms with Crippen molar-refractivity contribution in [3.8, 4) is 6.19 Å². The summed E-state index contributed by atoms with van der Waals surface area (Å²) in [5.41, 5.74) is 1.70. The van der Waals surface area contributed by atoms with Gasteiger partial charge < -0.3 is 10.6 Å². The second-order valence-electron chi connectivity index (χ2n) is 7.36. The maximum absolute atomic E-state index is 12.0. The second kappa shape index (κ2) is 13.4. The van der Waals surface area contributed by atoms with Gasteiger partial charge in [0.05, 0.1) is 12.9 Å². The predicted octanol–water partition coefficient (Wildman–Crippen LogP) is 3.26. The standard InChI is InChI=1S/C22H30N6O3S/c1-19(26-22(25-18-23)27-21-12-14-24-15-13-21)9-5-4-8-16-28(32(2,29)30)31-17-20-10-6-3-7-11-20/h3,6-7,10-15,19H,4-5,8-9,16-17H2,1-2H3,(H2,24,25,26,27). The molecule has 0 radical (unpaired) electrons.